The average Bonchev–Trinajstić information content (AvgIpc) is 2.29. The summed E-state index contributed by atoms with van der Waals surface area (Å²) in [5, 5.41) is 12.0. The van der Waals surface area contributed by atoms with E-state index in [-0.39, 0.29) is 5.92 Å². The number of carboxylic acids is 1. The summed E-state index contributed by atoms with van der Waals surface area (Å²) in [5.74, 6) is -0.522. The zero-order valence-corrected chi connectivity index (χ0v) is 9.81. The Labute approximate surface area is 96.5 Å². The average molecular weight is 221 g/mol. The lowest BCUT2D eigenvalue weighted by Crippen LogP contribution is -2.37. The van der Waals surface area contributed by atoms with Crippen molar-refractivity contribution in [2.45, 2.75) is 32.2 Å². The molecule has 2 unspecified atom stereocenters. The van der Waals surface area contributed by atoms with Crippen molar-refractivity contribution in [2.24, 2.45) is 0 Å². The molecule has 0 bridgehead atoms. The molecule has 0 heterocycles. The molecule has 0 saturated carbocycles. The van der Waals surface area contributed by atoms with Crippen LogP contribution in [0.1, 0.15) is 31.7 Å². The van der Waals surface area contributed by atoms with E-state index in [2.05, 4.69) is 12.2 Å². The molecule has 0 amide bonds. The van der Waals surface area contributed by atoms with Crippen molar-refractivity contribution < 1.29 is 9.90 Å². The highest BCUT2D eigenvalue weighted by atomic mass is 16.4. The summed E-state index contributed by atoms with van der Waals surface area (Å²) in [5.41, 5.74) is 1.19. The Kier molecular flexibility index (Phi) is 4.99. The fourth-order valence-corrected chi connectivity index (χ4v) is 1.79. The Morgan fingerprint density at radius 1 is 1.38 bits per heavy atom. The second-order valence-electron chi connectivity index (χ2n) is 4.00. The first kappa shape index (κ1) is 12.7. The van der Waals surface area contributed by atoms with Gasteiger partial charge < -0.3 is 10.4 Å². The molecular weight excluding hydrogens is 202 g/mol. The van der Waals surface area contributed by atoms with Crippen LogP contribution in [0.25, 0.3) is 0 Å². The van der Waals surface area contributed by atoms with E-state index in [1.54, 1.807) is 0 Å². The standard InChI is InChI=1S/C13H19NO2/c1-3-14-12(13(15)16)9-10(2)11-7-5-4-6-8-11/h4-8,10,12,14H,3,9H2,1-2H3,(H,15,16). The lowest BCUT2D eigenvalue weighted by atomic mass is 9.94. The van der Waals surface area contributed by atoms with E-state index in [1.807, 2.05) is 37.3 Å². The number of carboxylic acid groups (broad SMARTS) is 1. The first-order chi connectivity index (χ1) is 7.65. The molecule has 0 aliphatic carbocycles. The Balaban J connectivity index is 2.61. The summed E-state index contributed by atoms with van der Waals surface area (Å²) in [6.45, 7) is 4.66. The maximum absolute atomic E-state index is 11.0. The van der Waals surface area contributed by atoms with Gasteiger partial charge in [0.1, 0.15) is 6.04 Å². The van der Waals surface area contributed by atoms with Gasteiger partial charge in [-0.25, -0.2) is 0 Å². The lowest BCUT2D eigenvalue weighted by molar-refractivity contribution is -0.139. The highest BCUT2D eigenvalue weighted by Crippen LogP contribution is 2.20. The molecule has 88 valence electrons. The monoisotopic (exact) mass is 221 g/mol. The van der Waals surface area contributed by atoms with Crippen molar-refractivity contribution in [3.05, 3.63) is 35.9 Å². The quantitative estimate of drug-likeness (QED) is 0.774. The van der Waals surface area contributed by atoms with Crippen LogP contribution in [-0.4, -0.2) is 23.7 Å². The van der Waals surface area contributed by atoms with Crippen LogP contribution in [0, 0.1) is 0 Å². The van der Waals surface area contributed by atoms with Gasteiger partial charge in [0.2, 0.25) is 0 Å². The van der Waals surface area contributed by atoms with Gasteiger partial charge in [-0.1, -0.05) is 44.2 Å². The fourth-order valence-electron chi connectivity index (χ4n) is 1.79. The molecular formula is C13H19NO2. The molecule has 2 N–H and O–H groups in total. The van der Waals surface area contributed by atoms with Gasteiger partial charge >= 0.3 is 5.97 Å². The number of benzene rings is 1. The normalized spacial score (nSPS) is 14.4. The predicted molar refractivity (Wildman–Crippen MR) is 64.6 cm³/mol. The SMILES string of the molecule is CCNC(CC(C)c1ccccc1)C(=O)O. The highest BCUT2D eigenvalue weighted by molar-refractivity contribution is 5.73. The van der Waals surface area contributed by atoms with Gasteiger partial charge in [-0.2, -0.15) is 0 Å². The molecule has 1 aromatic rings. The van der Waals surface area contributed by atoms with E-state index in [0.29, 0.717) is 13.0 Å². The molecule has 0 aromatic heterocycles. The third-order valence-corrected chi connectivity index (χ3v) is 2.71. The van der Waals surface area contributed by atoms with E-state index in [9.17, 15) is 4.79 Å². The third kappa shape index (κ3) is 3.66. The minimum Gasteiger partial charge on any atom is -0.480 e. The van der Waals surface area contributed by atoms with Crippen molar-refractivity contribution in [3.63, 3.8) is 0 Å². The number of aliphatic carboxylic acids is 1. The van der Waals surface area contributed by atoms with Crippen molar-refractivity contribution in [1.82, 2.24) is 5.32 Å². The van der Waals surface area contributed by atoms with E-state index >= 15 is 0 Å². The van der Waals surface area contributed by atoms with Crippen molar-refractivity contribution in [1.29, 1.82) is 0 Å². The van der Waals surface area contributed by atoms with Crippen molar-refractivity contribution in [3.8, 4) is 0 Å². The topological polar surface area (TPSA) is 49.3 Å². The highest BCUT2D eigenvalue weighted by Gasteiger charge is 2.19. The largest absolute Gasteiger partial charge is 0.480 e. The molecule has 0 radical (unpaired) electrons. The molecule has 0 aliphatic rings. The number of rotatable bonds is 6. The Hall–Kier alpha value is -1.35. The van der Waals surface area contributed by atoms with Crippen LogP contribution in [0.5, 0.6) is 0 Å². The molecule has 3 nitrogen and oxygen atoms in total. The number of hydrogen-bond acceptors (Lipinski definition) is 2. The van der Waals surface area contributed by atoms with Crippen LogP contribution in [-0.2, 0) is 4.79 Å². The van der Waals surface area contributed by atoms with Crippen molar-refractivity contribution in [2.75, 3.05) is 6.54 Å². The van der Waals surface area contributed by atoms with Gasteiger partial charge in [-0.15, -0.1) is 0 Å². The third-order valence-electron chi connectivity index (χ3n) is 2.71. The van der Waals surface area contributed by atoms with Crippen LogP contribution >= 0.6 is 0 Å². The zero-order chi connectivity index (χ0) is 12.0. The molecule has 0 spiro atoms. The fraction of sp³-hybridized carbons (Fsp3) is 0.462. The van der Waals surface area contributed by atoms with Gasteiger partial charge in [-0.3, -0.25) is 4.79 Å². The van der Waals surface area contributed by atoms with Crippen LogP contribution in [0.4, 0.5) is 0 Å². The minimum absolute atomic E-state index is 0.251. The smallest absolute Gasteiger partial charge is 0.320 e. The van der Waals surface area contributed by atoms with Crippen LogP contribution in [0.3, 0.4) is 0 Å². The zero-order valence-electron chi connectivity index (χ0n) is 9.81. The molecule has 1 aromatic carbocycles. The lowest BCUT2D eigenvalue weighted by Gasteiger charge is -2.18. The Morgan fingerprint density at radius 3 is 2.50 bits per heavy atom. The Bertz CT molecular complexity index is 324. The molecule has 0 fully saturated rings. The van der Waals surface area contributed by atoms with Crippen molar-refractivity contribution >= 4 is 5.97 Å². The first-order valence-electron chi connectivity index (χ1n) is 5.66. The van der Waals surface area contributed by atoms with Gasteiger partial charge in [0.05, 0.1) is 0 Å². The summed E-state index contributed by atoms with van der Waals surface area (Å²) in [4.78, 5) is 11.0. The molecule has 2 atom stereocenters. The number of likely N-dealkylation sites (N-methyl/N-ethyl adjacent to an activating group) is 1. The van der Waals surface area contributed by atoms with E-state index < -0.39 is 12.0 Å². The first-order valence-corrected chi connectivity index (χ1v) is 5.66. The van der Waals surface area contributed by atoms with Gasteiger partial charge in [0.15, 0.2) is 0 Å². The molecule has 16 heavy (non-hydrogen) atoms. The van der Waals surface area contributed by atoms with Gasteiger partial charge in [-0.05, 0) is 24.4 Å². The maximum atomic E-state index is 11.0. The van der Waals surface area contributed by atoms with E-state index in [1.165, 1.54) is 5.56 Å². The van der Waals surface area contributed by atoms with E-state index in [4.69, 9.17) is 5.11 Å². The minimum atomic E-state index is -0.773. The van der Waals surface area contributed by atoms with Crippen LogP contribution in [0.2, 0.25) is 0 Å². The Morgan fingerprint density at radius 2 is 2.00 bits per heavy atom. The van der Waals surface area contributed by atoms with Crippen LogP contribution in [0.15, 0.2) is 30.3 Å². The van der Waals surface area contributed by atoms with Crippen LogP contribution < -0.4 is 5.32 Å². The number of nitrogens with one attached hydrogen (secondary N) is 1. The van der Waals surface area contributed by atoms with Gasteiger partial charge in [0.25, 0.3) is 0 Å². The molecule has 0 saturated heterocycles. The summed E-state index contributed by atoms with van der Waals surface area (Å²) in [6.07, 6.45) is 0.618. The number of carbonyl (C=O) groups is 1. The summed E-state index contributed by atoms with van der Waals surface area (Å²) >= 11 is 0. The predicted octanol–water partition coefficient (Wildman–Crippen LogP) is 2.24. The second-order valence-corrected chi connectivity index (χ2v) is 4.00. The molecule has 1 rings (SSSR count). The molecule has 3 heteroatoms. The molecule has 0 aliphatic heterocycles. The maximum Gasteiger partial charge on any atom is 0.320 e. The summed E-state index contributed by atoms with van der Waals surface area (Å²) in [7, 11) is 0. The summed E-state index contributed by atoms with van der Waals surface area (Å²) in [6, 6.07) is 9.55. The number of hydrogen-bond donors (Lipinski definition) is 2. The second kappa shape index (κ2) is 6.28. The van der Waals surface area contributed by atoms with Gasteiger partial charge in [0, 0.05) is 0 Å². The van der Waals surface area contributed by atoms with E-state index in [0.717, 1.165) is 0 Å². The summed E-state index contributed by atoms with van der Waals surface area (Å²) < 4.78 is 0.